The summed E-state index contributed by atoms with van der Waals surface area (Å²) in [7, 11) is -3.52. The molecule has 0 amide bonds. The summed E-state index contributed by atoms with van der Waals surface area (Å²) >= 11 is 0. The fourth-order valence-corrected chi connectivity index (χ4v) is 3.91. The van der Waals surface area contributed by atoms with Crippen LogP contribution in [0.15, 0.2) is 48.5 Å². The minimum Gasteiger partial charge on any atom is -0.506 e. The minimum absolute atomic E-state index is 0.0584. The first kappa shape index (κ1) is 26.1. The maximum absolute atomic E-state index is 11.4. The van der Waals surface area contributed by atoms with Crippen molar-refractivity contribution in [3.63, 3.8) is 0 Å². The van der Waals surface area contributed by atoms with Crippen molar-refractivity contribution in [1.29, 1.82) is 0 Å². The second kappa shape index (κ2) is 13.4. The number of ether oxygens (including phenoxy) is 1. The van der Waals surface area contributed by atoms with Crippen LogP contribution in [0.4, 0.5) is 5.69 Å². The van der Waals surface area contributed by atoms with Crippen molar-refractivity contribution < 1.29 is 23.4 Å². The quantitative estimate of drug-likeness (QED) is 0.237. The Morgan fingerprint density at radius 3 is 2.50 bits per heavy atom. The second-order valence-electron chi connectivity index (χ2n) is 8.17. The normalized spacial score (nSPS) is 13.6. The van der Waals surface area contributed by atoms with Crippen molar-refractivity contribution in [2.24, 2.45) is 0 Å². The first-order valence-electron chi connectivity index (χ1n) is 11.1. The molecule has 0 aliphatic rings. The number of phenolic OH excluding ortho intramolecular Hbond substituents is 1. The molecule has 2 unspecified atom stereocenters. The summed E-state index contributed by atoms with van der Waals surface area (Å²) in [5, 5.41) is 23.5. The minimum atomic E-state index is -3.52. The van der Waals surface area contributed by atoms with Crippen molar-refractivity contribution >= 4 is 15.7 Å². The zero-order valence-electron chi connectivity index (χ0n) is 19.0. The smallest absolute Gasteiger partial charge is 0.229 e. The Labute approximate surface area is 191 Å². The van der Waals surface area contributed by atoms with Crippen LogP contribution in [-0.4, -0.2) is 50.7 Å². The van der Waals surface area contributed by atoms with Crippen molar-refractivity contribution in [2.45, 2.75) is 51.2 Å². The Kier molecular flexibility index (Phi) is 11.0. The number of aliphatic hydroxyl groups excluding tert-OH is 1. The van der Waals surface area contributed by atoms with Gasteiger partial charge in [0.05, 0.1) is 24.7 Å². The highest BCUT2D eigenvalue weighted by atomic mass is 32.2. The van der Waals surface area contributed by atoms with Gasteiger partial charge in [0.1, 0.15) is 5.75 Å². The lowest BCUT2D eigenvalue weighted by molar-refractivity contribution is 0.132. The third-order valence-corrected chi connectivity index (χ3v) is 5.75. The standard InChI is InChI=1S/C24H36N2O5S/c1-19(9-5-4-8-15-31-16-14-20-10-6-3-7-11-20)25-18-24(28)21-12-13-23(27)22(17-21)26-32(2,29)30/h3,6-7,10-13,17,19,24-28H,4-5,8-9,14-16,18H2,1-2H3. The zero-order chi connectivity index (χ0) is 23.4. The monoisotopic (exact) mass is 464 g/mol. The largest absolute Gasteiger partial charge is 0.506 e. The highest BCUT2D eigenvalue weighted by molar-refractivity contribution is 7.92. The molecule has 8 heteroatoms. The fourth-order valence-electron chi connectivity index (χ4n) is 3.34. The molecular formula is C24H36N2O5S. The Morgan fingerprint density at radius 1 is 1.03 bits per heavy atom. The summed E-state index contributed by atoms with van der Waals surface area (Å²) in [5.41, 5.74) is 1.88. The molecule has 0 heterocycles. The average molecular weight is 465 g/mol. The van der Waals surface area contributed by atoms with E-state index in [-0.39, 0.29) is 17.5 Å². The molecule has 0 saturated carbocycles. The number of unbranched alkanes of at least 4 members (excludes halogenated alkanes) is 2. The van der Waals surface area contributed by atoms with E-state index in [4.69, 9.17) is 4.74 Å². The lowest BCUT2D eigenvalue weighted by Crippen LogP contribution is -2.30. The van der Waals surface area contributed by atoms with E-state index >= 15 is 0 Å². The summed E-state index contributed by atoms with van der Waals surface area (Å²) in [6, 6.07) is 15.0. The second-order valence-corrected chi connectivity index (χ2v) is 9.92. The van der Waals surface area contributed by atoms with Gasteiger partial charge in [-0.2, -0.15) is 0 Å². The highest BCUT2D eigenvalue weighted by Crippen LogP contribution is 2.27. The Balaban J connectivity index is 1.58. The van der Waals surface area contributed by atoms with E-state index in [1.54, 1.807) is 6.07 Å². The third-order valence-electron chi connectivity index (χ3n) is 5.16. The van der Waals surface area contributed by atoms with E-state index < -0.39 is 16.1 Å². The molecule has 2 aromatic carbocycles. The molecule has 7 nitrogen and oxygen atoms in total. The summed E-state index contributed by atoms with van der Waals surface area (Å²) in [6.07, 6.45) is 5.34. The summed E-state index contributed by atoms with van der Waals surface area (Å²) in [6.45, 7) is 3.94. The molecule has 0 aliphatic carbocycles. The number of rotatable bonds is 15. The maximum Gasteiger partial charge on any atom is 0.229 e. The van der Waals surface area contributed by atoms with Gasteiger partial charge in [0.15, 0.2) is 0 Å². The van der Waals surface area contributed by atoms with Gasteiger partial charge in [0.25, 0.3) is 0 Å². The van der Waals surface area contributed by atoms with E-state index in [9.17, 15) is 18.6 Å². The van der Waals surface area contributed by atoms with Crippen molar-refractivity contribution in [3.05, 3.63) is 59.7 Å². The van der Waals surface area contributed by atoms with Crippen LogP contribution >= 0.6 is 0 Å². The van der Waals surface area contributed by atoms with Gasteiger partial charge in [0.2, 0.25) is 10.0 Å². The number of hydrogen-bond donors (Lipinski definition) is 4. The number of sulfonamides is 1. The van der Waals surface area contributed by atoms with Gasteiger partial charge in [-0.05, 0) is 49.4 Å². The van der Waals surface area contributed by atoms with Gasteiger partial charge in [-0.3, -0.25) is 4.72 Å². The van der Waals surface area contributed by atoms with Gasteiger partial charge >= 0.3 is 0 Å². The summed E-state index contributed by atoms with van der Waals surface area (Å²) in [5.74, 6) is -0.184. The van der Waals surface area contributed by atoms with Crippen LogP contribution in [0, 0.1) is 0 Å². The van der Waals surface area contributed by atoms with Crippen LogP contribution in [0.2, 0.25) is 0 Å². The van der Waals surface area contributed by atoms with E-state index in [1.165, 1.54) is 17.7 Å². The van der Waals surface area contributed by atoms with Gasteiger partial charge < -0.3 is 20.3 Å². The molecule has 4 N–H and O–H groups in total. The number of aromatic hydroxyl groups is 1. The van der Waals surface area contributed by atoms with Gasteiger partial charge in [-0.25, -0.2) is 8.42 Å². The maximum atomic E-state index is 11.4. The Morgan fingerprint density at radius 2 is 1.78 bits per heavy atom. The Hall–Kier alpha value is -2.13. The molecule has 0 aliphatic heterocycles. The molecule has 2 rings (SSSR count). The first-order valence-corrected chi connectivity index (χ1v) is 13.0. The van der Waals surface area contributed by atoms with Crippen LogP contribution in [-0.2, 0) is 21.2 Å². The molecule has 0 aromatic heterocycles. The van der Waals surface area contributed by atoms with Crippen molar-refractivity contribution in [1.82, 2.24) is 5.32 Å². The molecule has 178 valence electrons. The van der Waals surface area contributed by atoms with Crippen LogP contribution in [0.5, 0.6) is 5.75 Å². The summed E-state index contributed by atoms with van der Waals surface area (Å²) < 4.78 is 30.8. The number of anilines is 1. The van der Waals surface area contributed by atoms with E-state index in [1.807, 2.05) is 18.2 Å². The molecule has 0 fully saturated rings. The van der Waals surface area contributed by atoms with Crippen LogP contribution in [0.25, 0.3) is 0 Å². The van der Waals surface area contributed by atoms with Crippen molar-refractivity contribution in [3.8, 4) is 5.75 Å². The highest BCUT2D eigenvalue weighted by Gasteiger charge is 2.14. The first-order chi connectivity index (χ1) is 15.2. The molecule has 2 aromatic rings. The molecule has 2 atom stereocenters. The topological polar surface area (TPSA) is 108 Å². The molecule has 32 heavy (non-hydrogen) atoms. The van der Waals surface area contributed by atoms with E-state index in [0.717, 1.165) is 51.6 Å². The number of aliphatic hydroxyl groups is 1. The van der Waals surface area contributed by atoms with Gasteiger partial charge in [-0.15, -0.1) is 0 Å². The number of hydrogen-bond acceptors (Lipinski definition) is 6. The fraction of sp³-hybridized carbons (Fsp3) is 0.500. The van der Waals surface area contributed by atoms with Crippen LogP contribution < -0.4 is 10.0 Å². The predicted molar refractivity (Wildman–Crippen MR) is 128 cm³/mol. The average Bonchev–Trinajstić information content (AvgIpc) is 2.75. The van der Waals surface area contributed by atoms with E-state index in [0.29, 0.717) is 12.1 Å². The SMILES string of the molecule is CC(CCCCCOCCc1ccccc1)NCC(O)c1ccc(O)c(NS(C)(=O)=O)c1. The lowest BCUT2D eigenvalue weighted by Gasteiger charge is -2.18. The zero-order valence-corrected chi connectivity index (χ0v) is 19.8. The molecule has 0 spiro atoms. The third kappa shape index (κ3) is 10.5. The summed E-state index contributed by atoms with van der Waals surface area (Å²) in [4.78, 5) is 0. The number of phenols is 1. The van der Waals surface area contributed by atoms with E-state index in [2.05, 4.69) is 29.1 Å². The number of nitrogens with one attached hydrogen (secondary N) is 2. The Bertz CT molecular complexity index is 906. The lowest BCUT2D eigenvalue weighted by atomic mass is 10.1. The molecule has 0 saturated heterocycles. The van der Waals surface area contributed by atoms with Gasteiger partial charge in [0, 0.05) is 19.2 Å². The predicted octanol–water partition coefficient (Wildman–Crippen LogP) is 3.59. The molecular weight excluding hydrogens is 428 g/mol. The molecule has 0 radical (unpaired) electrons. The molecule has 0 bridgehead atoms. The van der Waals surface area contributed by atoms with Crippen LogP contribution in [0.1, 0.15) is 49.8 Å². The van der Waals surface area contributed by atoms with Crippen LogP contribution in [0.3, 0.4) is 0 Å². The number of benzene rings is 2. The van der Waals surface area contributed by atoms with Gasteiger partial charge in [-0.1, -0.05) is 49.2 Å². The van der Waals surface area contributed by atoms with Crippen molar-refractivity contribution in [2.75, 3.05) is 30.7 Å².